The van der Waals surface area contributed by atoms with Crippen molar-refractivity contribution < 1.29 is 14.3 Å². The first-order valence-corrected chi connectivity index (χ1v) is 13.4. The highest BCUT2D eigenvalue weighted by atomic mass is 16.5. The maximum Gasteiger partial charge on any atom is 0.220 e. The summed E-state index contributed by atoms with van der Waals surface area (Å²) in [4.78, 5) is 19.2. The van der Waals surface area contributed by atoms with Crippen LogP contribution in [0.4, 0.5) is 0 Å². The number of hydrogen-bond donors (Lipinski definition) is 2. The number of H-pyrrole nitrogens is 1. The summed E-state index contributed by atoms with van der Waals surface area (Å²) in [7, 11) is 3.28. The largest absolute Gasteiger partial charge is 0.493 e. The van der Waals surface area contributed by atoms with Gasteiger partial charge in [0.25, 0.3) is 0 Å². The van der Waals surface area contributed by atoms with E-state index in [9.17, 15) is 4.79 Å². The van der Waals surface area contributed by atoms with Gasteiger partial charge in [0, 0.05) is 48.6 Å². The third-order valence-electron chi connectivity index (χ3n) is 7.67. The van der Waals surface area contributed by atoms with E-state index in [1.165, 1.54) is 36.8 Å². The first-order chi connectivity index (χ1) is 17.5. The number of carbonyl (C=O) groups is 1. The number of ether oxygens (including phenoxy) is 2. The summed E-state index contributed by atoms with van der Waals surface area (Å²) in [6, 6.07) is 13.0. The Bertz CT molecular complexity index is 1160. The number of rotatable bonds is 11. The highest BCUT2D eigenvalue weighted by molar-refractivity contribution is 5.88. The first-order valence-electron chi connectivity index (χ1n) is 13.4. The number of benzene rings is 2. The number of para-hydroxylation sites is 1. The number of methoxy groups -OCH3 is 2. The molecule has 1 saturated heterocycles. The second-order valence-electron chi connectivity index (χ2n) is 9.89. The Hall–Kier alpha value is -2.99. The number of amides is 1. The third-order valence-corrected chi connectivity index (χ3v) is 7.67. The maximum atomic E-state index is 13.2. The van der Waals surface area contributed by atoms with E-state index in [0.717, 1.165) is 36.0 Å². The van der Waals surface area contributed by atoms with Crippen LogP contribution in [-0.2, 0) is 11.2 Å². The lowest BCUT2D eigenvalue weighted by molar-refractivity contribution is -0.121. The van der Waals surface area contributed by atoms with E-state index < -0.39 is 0 Å². The van der Waals surface area contributed by atoms with Crippen LogP contribution < -0.4 is 14.8 Å². The highest BCUT2D eigenvalue weighted by Gasteiger charge is 2.24. The topological polar surface area (TPSA) is 66.6 Å². The van der Waals surface area contributed by atoms with Gasteiger partial charge in [-0.25, -0.2) is 0 Å². The van der Waals surface area contributed by atoms with Crippen LogP contribution in [0.5, 0.6) is 11.5 Å². The van der Waals surface area contributed by atoms with E-state index in [0.29, 0.717) is 30.5 Å². The van der Waals surface area contributed by atoms with Crippen LogP contribution in [-0.4, -0.2) is 55.7 Å². The molecule has 2 N–H and O–H groups in total. The molecule has 4 rings (SSSR count). The van der Waals surface area contributed by atoms with Gasteiger partial charge in [0.1, 0.15) is 0 Å². The monoisotopic (exact) mass is 491 g/mol. The Balaban J connectivity index is 1.52. The van der Waals surface area contributed by atoms with Crippen LogP contribution in [0.2, 0.25) is 0 Å². The van der Waals surface area contributed by atoms with Crippen molar-refractivity contribution in [2.75, 3.05) is 33.9 Å². The van der Waals surface area contributed by atoms with Gasteiger partial charge in [-0.15, -0.1) is 0 Å². The molecule has 0 saturated carbocycles. The molecule has 0 aliphatic carbocycles. The summed E-state index contributed by atoms with van der Waals surface area (Å²) in [5.41, 5.74) is 4.59. The van der Waals surface area contributed by atoms with Gasteiger partial charge >= 0.3 is 0 Å². The summed E-state index contributed by atoms with van der Waals surface area (Å²) in [5, 5.41) is 4.36. The van der Waals surface area contributed by atoms with Gasteiger partial charge in [-0.2, -0.15) is 0 Å². The van der Waals surface area contributed by atoms with Crippen LogP contribution in [0.25, 0.3) is 10.9 Å². The quantitative estimate of drug-likeness (QED) is 0.340. The lowest BCUT2D eigenvalue weighted by atomic mass is 9.87. The smallest absolute Gasteiger partial charge is 0.220 e. The summed E-state index contributed by atoms with van der Waals surface area (Å²) in [5.74, 6) is 1.32. The average molecular weight is 492 g/mol. The number of hydrogen-bond acceptors (Lipinski definition) is 4. The number of nitrogens with zero attached hydrogens (tertiary/aromatic N) is 1. The minimum Gasteiger partial charge on any atom is -0.493 e. The number of aromatic nitrogens is 1. The van der Waals surface area contributed by atoms with Gasteiger partial charge < -0.3 is 24.7 Å². The molecule has 2 atom stereocenters. The number of aryl methyl sites for hydroxylation is 1. The molecule has 6 nitrogen and oxygen atoms in total. The SMILES string of the molecule is CCc1cccc2c([C@@H](CC(=O)NCCCN3CCCC[C@H]3C)c3ccc(OC)c(OC)c3)c[nH]c12. The normalized spacial score (nSPS) is 17.2. The van der Waals surface area contributed by atoms with Crippen LogP contribution in [0.1, 0.15) is 68.6 Å². The van der Waals surface area contributed by atoms with E-state index >= 15 is 0 Å². The number of nitrogens with one attached hydrogen (secondary N) is 2. The summed E-state index contributed by atoms with van der Waals surface area (Å²) in [6.07, 6.45) is 8.27. The lowest BCUT2D eigenvalue weighted by Crippen LogP contribution is -2.39. The molecule has 6 heteroatoms. The third kappa shape index (κ3) is 5.86. The van der Waals surface area contributed by atoms with Crippen LogP contribution in [0.3, 0.4) is 0 Å². The zero-order valence-electron chi connectivity index (χ0n) is 22.2. The van der Waals surface area contributed by atoms with Crippen molar-refractivity contribution >= 4 is 16.8 Å². The fraction of sp³-hybridized carbons (Fsp3) is 0.500. The molecule has 0 spiro atoms. The molecule has 2 aromatic carbocycles. The molecular weight excluding hydrogens is 450 g/mol. The van der Waals surface area contributed by atoms with Crippen molar-refractivity contribution in [1.82, 2.24) is 15.2 Å². The molecule has 1 amide bonds. The van der Waals surface area contributed by atoms with Gasteiger partial charge in [-0.05, 0) is 68.0 Å². The zero-order valence-corrected chi connectivity index (χ0v) is 22.2. The van der Waals surface area contributed by atoms with Crippen LogP contribution >= 0.6 is 0 Å². The van der Waals surface area contributed by atoms with Gasteiger partial charge in [0.05, 0.1) is 14.2 Å². The Morgan fingerprint density at radius 1 is 1.17 bits per heavy atom. The summed E-state index contributed by atoms with van der Waals surface area (Å²) >= 11 is 0. The second kappa shape index (κ2) is 12.3. The van der Waals surface area contributed by atoms with Gasteiger partial charge in [0.15, 0.2) is 11.5 Å². The van der Waals surface area contributed by atoms with E-state index in [4.69, 9.17) is 9.47 Å². The van der Waals surface area contributed by atoms with E-state index in [1.807, 2.05) is 18.2 Å². The standard InChI is InChI=1S/C30H41N3O3/c1-5-22-11-8-12-24-26(20-32-30(22)24)25(23-13-14-27(35-3)28(18-23)36-4)19-29(34)31-15-9-17-33-16-7-6-10-21(33)2/h8,11-14,18,20-21,25,32H,5-7,9-10,15-17,19H2,1-4H3,(H,31,34)/t21-,25+/m1/s1. The van der Waals surface area contributed by atoms with Crippen molar-refractivity contribution in [2.45, 2.75) is 64.3 Å². The molecule has 1 aliphatic rings. The Labute approximate surface area is 215 Å². The predicted octanol–water partition coefficient (Wildman–Crippen LogP) is 5.65. The number of carbonyl (C=O) groups excluding carboxylic acids is 1. The van der Waals surface area contributed by atoms with Crippen molar-refractivity contribution in [3.8, 4) is 11.5 Å². The van der Waals surface area contributed by atoms with E-state index in [-0.39, 0.29) is 11.8 Å². The zero-order chi connectivity index (χ0) is 25.5. The van der Waals surface area contributed by atoms with Crippen molar-refractivity contribution in [3.05, 3.63) is 59.3 Å². The minimum atomic E-state index is -0.104. The Kier molecular flexibility index (Phi) is 8.92. The average Bonchev–Trinajstić information content (AvgIpc) is 3.34. The van der Waals surface area contributed by atoms with Crippen molar-refractivity contribution in [1.29, 1.82) is 0 Å². The lowest BCUT2D eigenvalue weighted by Gasteiger charge is -2.33. The molecule has 194 valence electrons. The second-order valence-corrected chi connectivity index (χ2v) is 9.89. The summed E-state index contributed by atoms with van der Waals surface area (Å²) in [6.45, 7) is 7.41. The number of piperidine rings is 1. The molecule has 0 bridgehead atoms. The number of aromatic amines is 1. The van der Waals surface area contributed by atoms with Gasteiger partial charge in [0.2, 0.25) is 5.91 Å². The molecule has 1 fully saturated rings. The van der Waals surface area contributed by atoms with E-state index in [1.54, 1.807) is 14.2 Å². The van der Waals surface area contributed by atoms with E-state index in [2.05, 4.69) is 53.4 Å². The Morgan fingerprint density at radius 3 is 2.75 bits per heavy atom. The molecule has 36 heavy (non-hydrogen) atoms. The van der Waals surface area contributed by atoms with Crippen LogP contribution in [0.15, 0.2) is 42.6 Å². The molecule has 0 unspecified atom stereocenters. The molecule has 1 aromatic heterocycles. The van der Waals surface area contributed by atoms with Gasteiger partial charge in [-0.3, -0.25) is 4.79 Å². The number of likely N-dealkylation sites (tertiary alicyclic amines) is 1. The van der Waals surface area contributed by atoms with Crippen molar-refractivity contribution in [3.63, 3.8) is 0 Å². The van der Waals surface area contributed by atoms with Gasteiger partial charge in [-0.1, -0.05) is 37.6 Å². The fourth-order valence-electron chi connectivity index (χ4n) is 5.56. The molecule has 0 radical (unpaired) electrons. The summed E-state index contributed by atoms with van der Waals surface area (Å²) < 4.78 is 11.0. The first kappa shape index (κ1) is 26.1. The minimum absolute atomic E-state index is 0.0717. The highest BCUT2D eigenvalue weighted by Crippen LogP contribution is 2.38. The van der Waals surface area contributed by atoms with Crippen LogP contribution in [0, 0.1) is 0 Å². The maximum absolute atomic E-state index is 13.2. The number of fused-ring (bicyclic) bond motifs is 1. The molecule has 3 aromatic rings. The predicted molar refractivity (Wildman–Crippen MR) is 146 cm³/mol. The molecular formula is C30H41N3O3. The van der Waals surface area contributed by atoms with Crippen molar-refractivity contribution in [2.24, 2.45) is 0 Å². The fourth-order valence-corrected chi connectivity index (χ4v) is 5.56. The Morgan fingerprint density at radius 2 is 2.00 bits per heavy atom. The molecule has 1 aliphatic heterocycles. The molecule has 2 heterocycles.